The van der Waals surface area contributed by atoms with Crippen molar-refractivity contribution in [2.45, 2.75) is 105 Å². The molecule has 0 unspecified atom stereocenters. The van der Waals surface area contributed by atoms with Crippen LogP contribution in [0.25, 0.3) is 5.57 Å². The highest BCUT2D eigenvalue weighted by Crippen LogP contribution is 2.70. The lowest BCUT2D eigenvalue weighted by molar-refractivity contribution is -0.206. The van der Waals surface area contributed by atoms with Gasteiger partial charge in [-0.2, -0.15) is 0 Å². The molecule has 6 rings (SSSR count). The number of carbonyl (C=O) groups excluding carboxylic acids is 2. The summed E-state index contributed by atoms with van der Waals surface area (Å²) in [6, 6.07) is 21.6. The van der Waals surface area contributed by atoms with E-state index in [1.54, 1.807) is 6.92 Å². The standard InChI is InChI=1S/C41H54O4/c1-26(17-18-34(30-13-9-7-10-14-30)31-15-11-8-12-16-31)35-19-20-36-39-37(23-27(2)41(35,36)6)40(5)22-21-33(44-28(3)42)24-32(40)25-38(39)45-29(4)43/h7-16,18,26-27,32-33,35-39H,17,19-25H2,1-6H3/t26-,27+,32+,33-,35-,36+,37+,38-,39+,40+,41-/m1/s1. The second-order valence-corrected chi connectivity index (χ2v) is 15.6. The molecule has 4 aliphatic carbocycles. The molecule has 242 valence electrons. The van der Waals surface area contributed by atoms with E-state index < -0.39 is 0 Å². The second kappa shape index (κ2) is 12.7. The Morgan fingerprint density at radius 2 is 1.47 bits per heavy atom. The first-order valence-corrected chi connectivity index (χ1v) is 17.7. The number of hydrogen-bond donors (Lipinski definition) is 0. The van der Waals surface area contributed by atoms with Gasteiger partial charge in [0.15, 0.2) is 0 Å². The summed E-state index contributed by atoms with van der Waals surface area (Å²) in [7, 11) is 0. The minimum Gasteiger partial charge on any atom is -0.463 e. The first-order chi connectivity index (χ1) is 21.5. The molecule has 45 heavy (non-hydrogen) atoms. The molecule has 4 aliphatic rings. The first-order valence-electron chi connectivity index (χ1n) is 17.7. The number of fused-ring (bicyclic) bond motifs is 5. The molecule has 2 aromatic rings. The highest BCUT2D eigenvalue weighted by Gasteiger charge is 2.65. The molecule has 0 heterocycles. The van der Waals surface area contributed by atoms with Crippen LogP contribution in [0.5, 0.6) is 0 Å². The van der Waals surface area contributed by atoms with Crippen LogP contribution >= 0.6 is 0 Å². The van der Waals surface area contributed by atoms with E-state index in [9.17, 15) is 9.59 Å². The largest absolute Gasteiger partial charge is 0.463 e. The van der Waals surface area contributed by atoms with Crippen molar-refractivity contribution in [2.24, 2.45) is 52.3 Å². The molecule has 4 fully saturated rings. The van der Waals surface area contributed by atoms with E-state index in [0.29, 0.717) is 41.4 Å². The van der Waals surface area contributed by atoms with Gasteiger partial charge in [-0.1, -0.05) is 94.4 Å². The molecular weight excluding hydrogens is 556 g/mol. The first kappa shape index (κ1) is 32.1. The maximum Gasteiger partial charge on any atom is 0.302 e. The third-order valence-electron chi connectivity index (χ3n) is 13.5. The number of esters is 2. The number of rotatable bonds is 7. The number of ether oxygens (including phenoxy) is 2. The summed E-state index contributed by atoms with van der Waals surface area (Å²) in [5, 5.41) is 0. The number of carbonyl (C=O) groups is 2. The van der Waals surface area contributed by atoms with E-state index in [1.165, 1.54) is 42.9 Å². The third kappa shape index (κ3) is 5.92. The molecule has 4 nitrogen and oxygen atoms in total. The minimum absolute atomic E-state index is 0.0113. The summed E-state index contributed by atoms with van der Waals surface area (Å²) < 4.78 is 12.0. The van der Waals surface area contributed by atoms with Crippen LogP contribution in [0, 0.1) is 52.3 Å². The molecule has 0 aliphatic heterocycles. The van der Waals surface area contributed by atoms with E-state index in [1.807, 2.05) is 0 Å². The van der Waals surface area contributed by atoms with Crippen molar-refractivity contribution in [3.8, 4) is 0 Å². The van der Waals surface area contributed by atoms with Gasteiger partial charge in [0.1, 0.15) is 12.2 Å². The topological polar surface area (TPSA) is 52.6 Å². The average molecular weight is 611 g/mol. The van der Waals surface area contributed by atoms with Gasteiger partial charge in [-0.05, 0) is 114 Å². The third-order valence-corrected chi connectivity index (χ3v) is 13.5. The highest BCUT2D eigenvalue weighted by molar-refractivity contribution is 5.79. The monoisotopic (exact) mass is 610 g/mol. The number of hydrogen-bond acceptors (Lipinski definition) is 4. The van der Waals surface area contributed by atoms with Crippen LogP contribution in [0.15, 0.2) is 66.7 Å². The van der Waals surface area contributed by atoms with Crippen molar-refractivity contribution in [1.29, 1.82) is 0 Å². The van der Waals surface area contributed by atoms with Gasteiger partial charge in [0, 0.05) is 19.8 Å². The maximum atomic E-state index is 12.5. The lowest BCUT2D eigenvalue weighted by Gasteiger charge is -2.64. The lowest BCUT2D eigenvalue weighted by Crippen LogP contribution is -2.61. The molecule has 0 radical (unpaired) electrons. The lowest BCUT2D eigenvalue weighted by atomic mass is 9.41. The van der Waals surface area contributed by atoms with Crippen molar-refractivity contribution in [3.63, 3.8) is 0 Å². The Balaban J connectivity index is 1.27. The summed E-state index contributed by atoms with van der Waals surface area (Å²) in [5.74, 6) is 3.35. The Morgan fingerprint density at radius 1 is 0.844 bits per heavy atom. The van der Waals surface area contributed by atoms with Crippen LogP contribution in [0.3, 0.4) is 0 Å². The van der Waals surface area contributed by atoms with Gasteiger partial charge in [0.2, 0.25) is 0 Å². The van der Waals surface area contributed by atoms with Crippen LogP contribution in [0.1, 0.15) is 104 Å². The molecule has 11 atom stereocenters. The zero-order valence-corrected chi connectivity index (χ0v) is 28.3. The quantitative estimate of drug-likeness (QED) is 0.293. The van der Waals surface area contributed by atoms with Gasteiger partial charge in [-0.15, -0.1) is 0 Å². The normalized spacial score (nSPS) is 37.7. The fourth-order valence-corrected chi connectivity index (χ4v) is 11.3. The molecule has 0 bridgehead atoms. The minimum atomic E-state index is -0.184. The second-order valence-electron chi connectivity index (χ2n) is 15.6. The van der Waals surface area contributed by atoms with Gasteiger partial charge >= 0.3 is 11.9 Å². The molecule has 4 saturated carbocycles. The molecule has 0 amide bonds. The summed E-state index contributed by atoms with van der Waals surface area (Å²) in [6.07, 6.45) is 11.0. The summed E-state index contributed by atoms with van der Waals surface area (Å²) in [4.78, 5) is 24.3. The van der Waals surface area contributed by atoms with Gasteiger partial charge in [0.05, 0.1) is 0 Å². The van der Waals surface area contributed by atoms with E-state index >= 15 is 0 Å². The molecule has 0 aromatic heterocycles. The highest BCUT2D eigenvalue weighted by atomic mass is 16.5. The Morgan fingerprint density at radius 3 is 2.07 bits per heavy atom. The van der Waals surface area contributed by atoms with Crippen molar-refractivity contribution < 1.29 is 19.1 Å². The Hall–Kier alpha value is -2.88. The fraction of sp³-hybridized carbons (Fsp3) is 0.610. The summed E-state index contributed by atoms with van der Waals surface area (Å²) in [5.41, 5.74) is 4.28. The number of allylic oxidation sites excluding steroid dienone is 1. The predicted octanol–water partition coefficient (Wildman–Crippen LogP) is 9.52. The summed E-state index contributed by atoms with van der Waals surface area (Å²) in [6.45, 7) is 13.2. The van der Waals surface area contributed by atoms with Crippen LogP contribution in [-0.4, -0.2) is 24.1 Å². The number of benzene rings is 2. The Labute approximate surface area is 271 Å². The predicted molar refractivity (Wildman–Crippen MR) is 180 cm³/mol. The maximum absolute atomic E-state index is 12.5. The van der Waals surface area contributed by atoms with Crippen LogP contribution in [-0.2, 0) is 19.1 Å². The van der Waals surface area contributed by atoms with Gasteiger partial charge in [0.25, 0.3) is 0 Å². The zero-order valence-electron chi connectivity index (χ0n) is 28.3. The smallest absolute Gasteiger partial charge is 0.302 e. The van der Waals surface area contributed by atoms with Crippen molar-refractivity contribution >= 4 is 17.5 Å². The van der Waals surface area contributed by atoms with Crippen LogP contribution in [0.4, 0.5) is 0 Å². The molecule has 0 saturated heterocycles. The van der Waals surface area contributed by atoms with Crippen molar-refractivity contribution in [3.05, 3.63) is 77.9 Å². The fourth-order valence-electron chi connectivity index (χ4n) is 11.3. The Bertz CT molecular complexity index is 1340. The van der Waals surface area contributed by atoms with Gasteiger partial charge in [-0.3, -0.25) is 9.59 Å². The molecule has 0 spiro atoms. The molecule has 4 heteroatoms. The zero-order chi connectivity index (χ0) is 31.9. The molecular formula is C41H54O4. The van der Waals surface area contributed by atoms with Crippen molar-refractivity contribution in [2.75, 3.05) is 0 Å². The van der Waals surface area contributed by atoms with E-state index in [0.717, 1.165) is 32.1 Å². The van der Waals surface area contributed by atoms with E-state index in [-0.39, 0.29) is 35.0 Å². The van der Waals surface area contributed by atoms with Crippen molar-refractivity contribution in [1.82, 2.24) is 0 Å². The van der Waals surface area contributed by atoms with E-state index in [2.05, 4.69) is 94.4 Å². The van der Waals surface area contributed by atoms with Crippen LogP contribution < -0.4 is 0 Å². The van der Waals surface area contributed by atoms with Gasteiger partial charge < -0.3 is 9.47 Å². The van der Waals surface area contributed by atoms with Crippen LogP contribution in [0.2, 0.25) is 0 Å². The summed E-state index contributed by atoms with van der Waals surface area (Å²) >= 11 is 0. The van der Waals surface area contributed by atoms with E-state index in [4.69, 9.17) is 9.47 Å². The Kier molecular flexibility index (Phi) is 9.07. The molecule has 2 aromatic carbocycles. The van der Waals surface area contributed by atoms with Gasteiger partial charge in [-0.25, -0.2) is 0 Å². The average Bonchev–Trinajstić information content (AvgIpc) is 3.37. The molecule has 0 N–H and O–H groups in total. The SMILES string of the molecule is CC(=O)O[C@@H]1CC[C@@]2(C)[C@@H](C1)C[C@@H](OC(C)=O)[C@@H]1[C@@H]2C[C@H](C)[C@]2(C)[C@@H]([C@H](C)CC=C(c3ccccc3)c3ccccc3)CC[C@@H]12.